The highest BCUT2D eigenvalue weighted by atomic mass is 16.5. The van der Waals surface area contributed by atoms with Crippen LogP contribution in [0.4, 0.5) is 0 Å². The molecule has 0 bridgehead atoms. The van der Waals surface area contributed by atoms with E-state index < -0.39 is 0 Å². The van der Waals surface area contributed by atoms with Gasteiger partial charge in [-0.1, -0.05) is 36.4 Å². The highest BCUT2D eigenvalue weighted by Gasteiger charge is 2.20. The summed E-state index contributed by atoms with van der Waals surface area (Å²) < 4.78 is 11.4. The minimum Gasteiger partial charge on any atom is -0.491 e. The predicted molar refractivity (Wildman–Crippen MR) is 103 cm³/mol. The molecule has 1 amide bonds. The number of ether oxygens (including phenoxy) is 2. The lowest BCUT2D eigenvalue weighted by Crippen LogP contribution is -2.30. The second-order valence-electron chi connectivity index (χ2n) is 6.62. The molecular formula is C22H25NO3. The van der Waals surface area contributed by atoms with Crippen LogP contribution in [0.15, 0.2) is 54.6 Å². The van der Waals surface area contributed by atoms with Crippen LogP contribution in [-0.2, 0) is 16.0 Å². The Bertz CT molecular complexity index is 765. The van der Waals surface area contributed by atoms with Crippen molar-refractivity contribution in [2.75, 3.05) is 13.2 Å². The maximum atomic E-state index is 12.1. The van der Waals surface area contributed by atoms with Gasteiger partial charge in [0.05, 0.1) is 12.7 Å². The number of hydrogen-bond donors (Lipinski definition) is 1. The van der Waals surface area contributed by atoms with Crippen molar-refractivity contribution in [1.29, 1.82) is 0 Å². The van der Waals surface area contributed by atoms with E-state index in [1.807, 2.05) is 50.2 Å². The van der Waals surface area contributed by atoms with Gasteiger partial charge >= 0.3 is 0 Å². The maximum absolute atomic E-state index is 12.1. The normalized spacial score (nSPS) is 16.5. The number of hydrogen-bond acceptors (Lipinski definition) is 3. The molecule has 1 aliphatic heterocycles. The molecule has 0 aliphatic carbocycles. The summed E-state index contributed by atoms with van der Waals surface area (Å²) in [5, 5.41) is 2.93. The number of carbonyl (C=O) groups excluding carboxylic acids is 1. The van der Waals surface area contributed by atoms with Gasteiger partial charge in [0.25, 0.3) is 0 Å². The van der Waals surface area contributed by atoms with Crippen molar-refractivity contribution >= 4 is 12.0 Å². The van der Waals surface area contributed by atoms with Gasteiger partial charge in [-0.15, -0.1) is 0 Å². The Morgan fingerprint density at radius 1 is 1.23 bits per heavy atom. The second-order valence-corrected chi connectivity index (χ2v) is 6.62. The SMILES string of the molecule is CC(C)Oc1ccc(C=CC(=O)NCC2OCCc3ccccc32)cc1. The van der Waals surface area contributed by atoms with Crippen molar-refractivity contribution in [3.05, 3.63) is 71.3 Å². The summed E-state index contributed by atoms with van der Waals surface area (Å²) >= 11 is 0. The first-order valence-electron chi connectivity index (χ1n) is 9.04. The largest absolute Gasteiger partial charge is 0.491 e. The molecule has 2 aromatic carbocycles. The van der Waals surface area contributed by atoms with Gasteiger partial charge in [-0.25, -0.2) is 0 Å². The van der Waals surface area contributed by atoms with Crippen LogP contribution < -0.4 is 10.1 Å². The number of benzene rings is 2. The Kier molecular flexibility index (Phi) is 6.08. The Balaban J connectivity index is 1.52. The van der Waals surface area contributed by atoms with E-state index in [4.69, 9.17) is 9.47 Å². The first kappa shape index (κ1) is 18.2. The molecule has 1 aliphatic rings. The third-order valence-electron chi connectivity index (χ3n) is 4.23. The summed E-state index contributed by atoms with van der Waals surface area (Å²) in [7, 11) is 0. The Labute approximate surface area is 154 Å². The molecule has 0 saturated heterocycles. The van der Waals surface area contributed by atoms with Crippen molar-refractivity contribution in [2.45, 2.75) is 32.5 Å². The average Bonchev–Trinajstić information content (AvgIpc) is 2.65. The number of amides is 1. The van der Waals surface area contributed by atoms with E-state index in [1.54, 1.807) is 12.2 Å². The van der Waals surface area contributed by atoms with Gasteiger partial charge in [0, 0.05) is 12.6 Å². The minimum absolute atomic E-state index is 0.0789. The van der Waals surface area contributed by atoms with Crippen LogP contribution in [-0.4, -0.2) is 25.2 Å². The minimum atomic E-state index is -0.126. The first-order valence-corrected chi connectivity index (χ1v) is 9.04. The molecule has 0 aromatic heterocycles. The van der Waals surface area contributed by atoms with Gasteiger partial charge in [-0.05, 0) is 55.2 Å². The van der Waals surface area contributed by atoms with E-state index in [9.17, 15) is 4.79 Å². The first-order chi connectivity index (χ1) is 12.6. The van der Waals surface area contributed by atoms with Crippen LogP contribution in [0.3, 0.4) is 0 Å². The lowest BCUT2D eigenvalue weighted by atomic mass is 9.97. The van der Waals surface area contributed by atoms with Gasteiger partial charge in [-0.3, -0.25) is 4.79 Å². The van der Waals surface area contributed by atoms with Crippen LogP contribution in [0.1, 0.15) is 36.6 Å². The van der Waals surface area contributed by atoms with Crippen molar-refractivity contribution < 1.29 is 14.3 Å². The zero-order valence-corrected chi connectivity index (χ0v) is 15.3. The third kappa shape index (κ3) is 4.96. The molecule has 4 nitrogen and oxygen atoms in total. The van der Waals surface area contributed by atoms with Gasteiger partial charge in [0.2, 0.25) is 5.91 Å². The van der Waals surface area contributed by atoms with Crippen molar-refractivity contribution in [3.63, 3.8) is 0 Å². The van der Waals surface area contributed by atoms with Crippen molar-refractivity contribution in [3.8, 4) is 5.75 Å². The number of carbonyl (C=O) groups is 1. The summed E-state index contributed by atoms with van der Waals surface area (Å²) in [6.07, 6.45) is 4.34. The standard InChI is InChI=1S/C22H25NO3/c1-16(2)26-19-10-7-17(8-11-19)9-12-22(24)23-15-21-20-6-4-3-5-18(20)13-14-25-21/h3-12,16,21H,13-15H2,1-2H3,(H,23,24). The van der Waals surface area contributed by atoms with E-state index in [0.717, 1.165) is 17.7 Å². The molecule has 1 heterocycles. The van der Waals surface area contributed by atoms with Crippen molar-refractivity contribution in [2.24, 2.45) is 0 Å². The molecule has 1 N–H and O–H groups in total. The average molecular weight is 351 g/mol. The lowest BCUT2D eigenvalue weighted by molar-refractivity contribution is -0.117. The van der Waals surface area contributed by atoms with E-state index in [-0.39, 0.29) is 18.1 Å². The molecule has 0 fully saturated rings. The Morgan fingerprint density at radius 3 is 2.77 bits per heavy atom. The Hall–Kier alpha value is -2.59. The zero-order valence-electron chi connectivity index (χ0n) is 15.3. The number of nitrogens with one attached hydrogen (secondary N) is 1. The number of fused-ring (bicyclic) bond motifs is 1. The molecule has 3 rings (SSSR count). The molecule has 0 saturated carbocycles. The van der Waals surface area contributed by atoms with Crippen LogP contribution in [0, 0.1) is 0 Å². The van der Waals surface area contributed by atoms with Gasteiger partial charge in [0.1, 0.15) is 11.9 Å². The molecule has 2 aromatic rings. The van der Waals surface area contributed by atoms with E-state index in [2.05, 4.69) is 17.4 Å². The second kappa shape index (κ2) is 8.68. The van der Waals surface area contributed by atoms with E-state index in [0.29, 0.717) is 13.2 Å². The smallest absolute Gasteiger partial charge is 0.244 e. The van der Waals surface area contributed by atoms with Crippen LogP contribution >= 0.6 is 0 Å². The van der Waals surface area contributed by atoms with Crippen molar-refractivity contribution in [1.82, 2.24) is 5.32 Å². The molecule has 26 heavy (non-hydrogen) atoms. The molecule has 1 atom stereocenters. The fraction of sp³-hybridized carbons (Fsp3) is 0.318. The van der Waals surface area contributed by atoms with Crippen LogP contribution in [0.2, 0.25) is 0 Å². The molecular weight excluding hydrogens is 326 g/mol. The lowest BCUT2D eigenvalue weighted by Gasteiger charge is -2.26. The van der Waals surface area contributed by atoms with E-state index in [1.165, 1.54) is 11.1 Å². The monoisotopic (exact) mass is 351 g/mol. The summed E-state index contributed by atoms with van der Waals surface area (Å²) in [6, 6.07) is 15.9. The summed E-state index contributed by atoms with van der Waals surface area (Å²) in [5.41, 5.74) is 3.43. The van der Waals surface area contributed by atoms with Gasteiger partial charge in [0.15, 0.2) is 0 Å². The third-order valence-corrected chi connectivity index (χ3v) is 4.23. The zero-order chi connectivity index (χ0) is 18.4. The molecule has 4 heteroatoms. The molecule has 136 valence electrons. The van der Waals surface area contributed by atoms with Crippen LogP contribution in [0.25, 0.3) is 6.08 Å². The maximum Gasteiger partial charge on any atom is 0.244 e. The van der Waals surface area contributed by atoms with Crippen LogP contribution in [0.5, 0.6) is 5.75 Å². The highest BCUT2D eigenvalue weighted by Crippen LogP contribution is 2.26. The Morgan fingerprint density at radius 2 is 2.00 bits per heavy atom. The fourth-order valence-corrected chi connectivity index (χ4v) is 3.00. The number of rotatable bonds is 6. The summed E-state index contributed by atoms with van der Waals surface area (Å²) in [6.45, 7) is 5.15. The summed E-state index contributed by atoms with van der Waals surface area (Å²) in [4.78, 5) is 12.1. The molecule has 0 spiro atoms. The predicted octanol–water partition coefficient (Wildman–Crippen LogP) is 3.92. The fourth-order valence-electron chi connectivity index (χ4n) is 3.00. The highest BCUT2D eigenvalue weighted by molar-refractivity contribution is 5.91. The van der Waals surface area contributed by atoms with Gasteiger partial charge < -0.3 is 14.8 Å². The quantitative estimate of drug-likeness (QED) is 0.803. The van der Waals surface area contributed by atoms with E-state index >= 15 is 0 Å². The van der Waals surface area contributed by atoms with Gasteiger partial charge in [-0.2, -0.15) is 0 Å². The molecule has 0 radical (unpaired) electrons. The summed E-state index contributed by atoms with van der Waals surface area (Å²) in [5.74, 6) is 0.703. The topological polar surface area (TPSA) is 47.6 Å². The molecule has 1 unspecified atom stereocenters.